The second-order valence-corrected chi connectivity index (χ2v) is 8.21. The van der Waals surface area contributed by atoms with E-state index in [1.807, 2.05) is 42.7 Å². The van der Waals surface area contributed by atoms with Crippen molar-refractivity contribution in [3.63, 3.8) is 0 Å². The number of nitrogens with zero attached hydrogens (tertiary/aromatic N) is 3. The van der Waals surface area contributed by atoms with Crippen molar-refractivity contribution in [1.29, 1.82) is 0 Å². The Morgan fingerprint density at radius 2 is 1.77 bits per heavy atom. The second kappa shape index (κ2) is 10.2. The molecule has 1 aliphatic heterocycles. The zero-order valence-corrected chi connectivity index (χ0v) is 18.1. The fourth-order valence-electron chi connectivity index (χ4n) is 4.02. The summed E-state index contributed by atoms with van der Waals surface area (Å²) in [7, 11) is 0. The molecule has 0 saturated carbocycles. The first-order valence-electron chi connectivity index (χ1n) is 11.2. The topological polar surface area (TPSA) is 58.1 Å². The van der Waals surface area contributed by atoms with Crippen molar-refractivity contribution in [2.75, 3.05) is 23.3 Å². The number of aryl methyl sites for hydroxylation is 1. The lowest BCUT2D eigenvalue weighted by molar-refractivity contribution is -0.120. The molecule has 3 aromatic rings. The number of nitrogens with one attached hydrogen (secondary N) is 1. The zero-order valence-electron chi connectivity index (χ0n) is 18.1. The van der Waals surface area contributed by atoms with Gasteiger partial charge < -0.3 is 10.2 Å². The summed E-state index contributed by atoms with van der Waals surface area (Å²) in [5.74, 6) is 0.704. The molecule has 1 saturated heterocycles. The van der Waals surface area contributed by atoms with Gasteiger partial charge in [0.05, 0.1) is 5.92 Å². The minimum Gasteiger partial charge on any atom is -0.340 e. The summed E-state index contributed by atoms with van der Waals surface area (Å²) in [5, 5.41) is 3.09. The van der Waals surface area contributed by atoms with Crippen LogP contribution in [0.4, 0.5) is 11.6 Å². The molecule has 2 aromatic carbocycles. The van der Waals surface area contributed by atoms with Crippen LogP contribution in [-0.2, 0) is 11.2 Å². The number of benzene rings is 2. The van der Waals surface area contributed by atoms with E-state index in [0.717, 1.165) is 42.6 Å². The first-order valence-corrected chi connectivity index (χ1v) is 11.2. The van der Waals surface area contributed by atoms with E-state index in [9.17, 15) is 4.79 Å². The van der Waals surface area contributed by atoms with Gasteiger partial charge in [-0.25, -0.2) is 9.97 Å². The standard InChI is InChI=1S/C26H30N4O/c1-2-3-8-20-12-14-24(15-13-20)29-25(31)22-11-7-16-30(19-22)26-27-17-23(18-28-26)21-9-5-4-6-10-21/h4-6,9-10,12-15,17-18,22H,2-3,7-8,11,16,19H2,1H3,(H,29,31). The smallest absolute Gasteiger partial charge is 0.229 e. The maximum Gasteiger partial charge on any atom is 0.229 e. The van der Waals surface area contributed by atoms with Gasteiger partial charge in [-0.15, -0.1) is 0 Å². The first-order chi connectivity index (χ1) is 15.2. The fraction of sp³-hybridized carbons (Fsp3) is 0.346. The summed E-state index contributed by atoms with van der Waals surface area (Å²) in [6.45, 7) is 3.72. The van der Waals surface area contributed by atoms with Crippen LogP contribution >= 0.6 is 0 Å². The molecule has 1 fully saturated rings. The summed E-state index contributed by atoms with van der Waals surface area (Å²) in [6, 6.07) is 18.4. The first kappa shape index (κ1) is 21.0. The number of amides is 1. The predicted octanol–water partition coefficient (Wildman–Crippen LogP) is 5.34. The number of unbranched alkanes of at least 4 members (excludes halogenated alkanes) is 1. The molecule has 1 aliphatic rings. The molecule has 5 heteroatoms. The average Bonchev–Trinajstić information content (AvgIpc) is 2.84. The van der Waals surface area contributed by atoms with E-state index >= 15 is 0 Å². The molecule has 160 valence electrons. The van der Waals surface area contributed by atoms with Crippen molar-refractivity contribution in [3.05, 3.63) is 72.6 Å². The lowest BCUT2D eigenvalue weighted by Gasteiger charge is -2.32. The summed E-state index contributed by atoms with van der Waals surface area (Å²) in [6.07, 6.45) is 9.04. The van der Waals surface area contributed by atoms with E-state index in [1.165, 1.54) is 18.4 Å². The van der Waals surface area contributed by atoms with Crippen molar-refractivity contribution in [2.24, 2.45) is 5.92 Å². The van der Waals surface area contributed by atoms with E-state index in [-0.39, 0.29) is 11.8 Å². The number of rotatable bonds is 7. The molecule has 4 rings (SSSR count). The minimum absolute atomic E-state index is 0.0640. The molecular weight excluding hydrogens is 384 g/mol. The number of carbonyl (C=O) groups excluding carboxylic acids is 1. The monoisotopic (exact) mass is 414 g/mol. The summed E-state index contributed by atoms with van der Waals surface area (Å²) in [4.78, 5) is 24.1. The molecule has 1 atom stereocenters. The van der Waals surface area contributed by atoms with E-state index in [2.05, 4.69) is 51.4 Å². The van der Waals surface area contributed by atoms with E-state index < -0.39 is 0 Å². The van der Waals surface area contributed by atoms with Crippen LogP contribution in [0, 0.1) is 5.92 Å². The fourth-order valence-corrected chi connectivity index (χ4v) is 4.02. The molecule has 1 aromatic heterocycles. The average molecular weight is 415 g/mol. The predicted molar refractivity (Wildman–Crippen MR) is 126 cm³/mol. The molecule has 0 spiro atoms. The number of aromatic nitrogens is 2. The van der Waals surface area contributed by atoms with Gasteiger partial charge in [-0.3, -0.25) is 4.79 Å². The molecular formula is C26H30N4O. The quantitative estimate of drug-likeness (QED) is 0.567. The highest BCUT2D eigenvalue weighted by atomic mass is 16.1. The second-order valence-electron chi connectivity index (χ2n) is 8.21. The maximum absolute atomic E-state index is 12.9. The number of hydrogen-bond acceptors (Lipinski definition) is 4. The van der Waals surface area contributed by atoms with Crippen molar-refractivity contribution in [3.8, 4) is 11.1 Å². The molecule has 2 heterocycles. The molecule has 1 unspecified atom stereocenters. The molecule has 31 heavy (non-hydrogen) atoms. The van der Waals surface area contributed by atoms with Crippen LogP contribution in [0.2, 0.25) is 0 Å². The van der Waals surface area contributed by atoms with Gasteiger partial charge in [0, 0.05) is 36.7 Å². The molecule has 1 N–H and O–H groups in total. The van der Waals surface area contributed by atoms with Crippen molar-refractivity contribution < 1.29 is 4.79 Å². The van der Waals surface area contributed by atoms with Gasteiger partial charge in [-0.05, 0) is 48.9 Å². The van der Waals surface area contributed by atoms with Crippen LogP contribution in [-0.4, -0.2) is 29.0 Å². The van der Waals surface area contributed by atoms with Gasteiger partial charge in [0.15, 0.2) is 0 Å². The van der Waals surface area contributed by atoms with Crippen molar-refractivity contribution in [2.45, 2.75) is 39.0 Å². The lowest BCUT2D eigenvalue weighted by Crippen LogP contribution is -2.41. The Morgan fingerprint density at radius 1 is 1.03 bits per heavy atom. The normalized spacial score (nSPS) is 16.2. The van der Waals surface area contributed by atoms with Gasteiger partial charge in [-0.2, -0.15) is 0 Å². The van der Waals surface area contributed by atoms with Gasteiger partial charge in [0.25, 0.3) is 0 Å². The third-order valence-corrected chi connectivity index (χ3v) is 5.86. The highest BCUT2D eigenvalue weighted by Crippen LogP contribution is 2.24. The highest BCUT2D eigenvalue weighted by molar-refractivity contribution is 5.93. The van der Waals surface area contributed by atoms with Crippen LogP contribution < -0.4 is 10.2 Å². The minimum atomic E-state index is -0.0640. The maximum atomic E-state index is 12.9. The van der Waals surface area contributed by atoms with Gasteiger partial charge in [-0.1, -0.05) is 55.8 Å². The van der Waals surface area contributed by atoms with Crippen LogP contribution in [0.3, 0.4) is 0 Å². The third-order valence-electron chi connectivity index (χ3n) is 5.86. The van der Waals surface area contributed by atoms with Crippen LogP contribution in [0.5, 0.6) is 0 Å². The van der Waals surface area contributed by atoms with Gasteiger partial charge in [0.1, 0.15) is 0 Å². The number of carbonyl (C=O) groups is 1. The third kappa shape index (κ3) is 5.48. The van der Waals surface area contributed by atoms with E-state index in [0.29, 0.717) is 12.5 Å². The van der Waals surface area contributed by atoms with E-state index in [1.54, 1.807) is 0 Å². The zero-order chi connectivity index (χ0) is 21.5. The Balaban J connectivity index is 1.36. The highest BCUT2D eigenvalue weighted by Gasteiger charge is 2.27. The van der Waals surface area contributed by atoms with Crippen molar-refractivity contribution in [1.82, 2.24) is 9.97 Å². The Labute approximate surface area is 184 Å². The molecule has 1 amide bonds. The lowest BCUT2D eigenvalue weighted by atomic mass is 9.97. The number of hydrogen-bond donors (Lipinski definition) is 1. The Hall–Kier alpha value is -3.21. The molecule has 0 aliphatic carbocycles. The van der Waals surface area contributed by atoms with Gasteiger partial charge >= 0.3 is 0 Å². The molecule has 0 bridgehead atoms. The van der Waals surface area contributed by atoms with Crippen LogP contribution in [0.25, 0.3) is 11.1 Å². The largest absolute Gasteiger partial charge is 0.340 e. The summed E-state index contributed by atoms with van der Waals surface area (Å²) < 4.78 is 0. The Morgan fingerprint density at radius 3 is 2.48 bits per heavy atom. The molecule has 0 radical (unpaired) electrons. The number of piperidine rings is 1. The SMILES string of the molecule is CCCCc1ccc(NC(=O)C2CCCN(c3ncc(-c4ccccc4)cn3)C2)cc1. The Bertz CT molecular complexity index is 971. The van der Waals surface area contributed by atoms with Gasteiger partial charge in [0.2, 0.25) is 11.9 Å². The summed E-state index contributed by atoms with van der Waals surface area (Å²) in [5.41, 5.74) is 4.29. The Kier molecular flexibility index (Phi) is 6.92. The summed E-state index contributed by atoms with van der Waals surface area (Å²) >= 11 is 0. The van der Waals surface area contributed by atoms with Crippen LogP contribution in [0.15, 0.2) is 67.0 Å². The van der Waals surface area contributed by atoms with Crippen LogP contribution in [0.1, 0.15) is 38.2 Å². The van der Waals surface area contributed by atoms with E-state index in [4.69, 9.17) is 0 Å². The number of anilines is 2. The van der Waals surface area contributed by atoms with Crippen molar-refractivity contribution >= 4 is 17.5 Å². The molecule has 5 nitrogen and oxygen atoms in total.